The Morgan fingerprint density at radius 2 is 1.96 bits per heavy atom. The molecule has 1 rings (SSSR count). The Kier molecular flexibility index (Phi) is 9.14. The van der Waals surface area contributed by atoms with Crippen molar-refractivity contribution < 1.29 is 4.79 Å². The third-order valence-electron chi connectivity index (χ3n) is 3.53. The molecule has 3 N–H and O–H groups in total. The lowest BCUT2D eigenvalue weighted by molar-refractivity contribution is -0.121. The monoisotopic (exact) mass is 338 g/mol. The second kappa shape index (κ2) is 10.9. The van der Waals surface area contributed by atoms with Gasteiger partial charge in [0.05, 0.1) is 0 Å². The Bertz CT molecular complexity index is 519. The number of carbonyl (C=O) groups excluding carboxylic acids is 1. The van der Waals surface area contributed by atoms with Gasteiger partial charge in [0.25, 0.3) is 0 Å². The van der Waals surface area contributed by atoms with Gasteiger partial charge in [-0.2, -0.15) is 0 Å². The zero-order valence-electron chi connectivity index (χ0n) is 14.2. The molecule has 0 saturated heterocycles. The maximum Gasteiger partial charge on any atom is 0.221 e. The van der Waals surface area contributed by atoms with Crippen LogP contribution in [0, 0.1) is 0 Å². The molecule has 0 aliphatic heterocycles. The quantitative estimate of drug-likeness (QED) is 0.503. The van der Waals surface area contributed by atoms with Crippen molar-refractivity contribution in [3.8, 4) is 0 Å². The second-order valence-corrected chi connectivity index (χ2v) is 5.80. The minimum atomic E-state index is 0.0540. The molecule has 1 amide bonds. The van der Waals surface area contributed by atoms with Gasteiger partial charge < -0.3 is 16.0 Å². The zero-order valence-corrected chi connectivity index (χ0v) is 14.9. The van der Waals surface area contributed by atoms with Gasteiger partial charge in [0, 0.05) is 37.6 Å². The summed E-state index contributed by atoms with van der Waals surface area (Å²) in [5.74, 6) is 0.742. The van der Waals surface area contributed by atoms with E-state index >= 15 is 0 Å². The van der Waals surface area contributed by atoms with Crippen LogP contribution in [0.1, 0.15) is 32.3 Å². The number of carbonyl (C=O) groups is 1. The number of hydrogen-bond donors (Lipinski definition) is 3. The van der Waals surface area contributed by atoms with Crippen molar-refractivity contribution in [1.82, 2.24) is 16.0 Å². The average Bonchev–Trinajstić information content (AvgIpc) is 2.54. The summed E-state index contributed by atoms with van der Waals surface area (Å²) in [4.78, 5) is 15.8. The van der Waals surface area contributed by atoms with Crippen molar-refractivity contribution in [2.24, 2.45) is 4.99 Å². The highest BCUT2D eigenvalue weighted by Gasteiger charge is 2.06. The van der Waals surface area contributed by atoms with Crippen molar-refractivity contribution in [2.75, 3.05) is 20.1 Å². The molecule has 1 aromatic carbocycles. The molecule has 0 fully saturated rings. The molecule has 0 aromatic heterocycles. The molecule has 23 heavy (non-hydrogen) atoms. The van der Waals surface area contributed by atoms with Gasteiger partial charge in [0.1, 0.15) is 0 Å². The van der Waals surface area contributed by atoms with Crippen LogP contribution in [0.25, 0.3) is 0 Å². The highest BCUT2D eigenvalue weighted by molar-refractivity contribution is 6.31. The SMILES string of the molecule is CCC(C)NC(=O)CCNC(=NC)NCCc1ccccc1Cl. The van der Waals surface area contributed by atoms with Crippen molar-refractivity contribution in [2.45, 2.75) is 39.2 Å². The van der Waals surface area contributed by atoms with E-state index in [4.69, 9.17) is 11.6 Å². The fraction of sp³-hybridized carbons (Fsp3) is 0.529. The highest BCUT2D eigenvalue weighted by Crippen LogP contribution is 2.14. The smallest absolute Gasteiger partial charge is 0.221 e. The summed E-state index contributed by atoms with van der Waals surface area (Å²) < 4.78 is 0. The van der Waals surface area contributed by atoms with Crippen LogP contribution in [0.2, 0.25) is 5.02 Å². The predicted molar refractivity (Wildman–Crippen MR) is 97.0 cm³/mol. The summed E-state index contributed by atoms with van der Waals surface area (Å²) in [6.07, 6.45) is 2.18. The average molecular weight is 339 g/mol. The van der Waals surface area contributed by atoms with Crippen LogP contribution in [0.4, 0.5) is 0 Å². The van der Waals surface area contributed by atoms with E-state index in [1.54, 1.807) is 7.05 Å². The minimum Gasteiger partial charge on any atom is -0.356 e. The van der Waals surface area contributed by atoms with Crippen LogP contribution in [-0.2, 0) is 11.2 Å². The standard InChI is InChI=1S/C17H27ClN4O/c1-4-13(2)22-16(23)10-12-21-17(19-3)20-11-9-14-7-5-6-8-15(14)18/h5-8,13H,4,9-12H2,1-3H3,(H,22,23)(H2,19,20,21). The van der Waals surface area contributed by atoms with Crippen molar-refractivity contribution in [3.05, 3.63) is 34.9 Å². The summed E-state index contributed by atoms with van der Waals surface area (Å²) in [5.41, 5.74) is 1.10. The molecule has 5 nitrogen and oxygen atoms in total. The molecule has 1 aromatic rings. The number of benzene rings is 1. The third-order valence-corrected chi connectivity index (χ3v) is 3.90. The molecule has 1 atom stereocenters. The fourth-order valence-electron chi connectivity index (χ4n) is 1.98. The van der Waals surface area contributed by atoms with Gasteiger partial charge in [-0.3, -0.25) is 9.79 Å². The van der Waals surface area contributed by atoms with Crippen LogP contribution in [0.15, 0.2) is 29.3 Å². The summed E-state index contributed by atoms with van der Waals surface area (Å²) in [6.45, 7) is 5.32. The van der Waals surface area contributed by atoms with Gasteiger partial charge in [-0.05, 0) is 31.4 Å². The lowest BCUT2D eigenvalue weighted by Crippen LogP contribution is -2.41. The van der Waals surface area contributed by atoms with E-state index in [2.05, 4.69) is 20.9 Å². The number of rotatable bonds is 8. The first-order chi connectivity index (χ1) is 11.1. The molecule has 0 heterocycles. The first-order valence-electron chi connectivity index (χ1n) is 8.04. The van der Waals surface area contributed by atoms with Crippen LogP contribution >= 0.6 is 11.6 Å². The van der Waals surface area contributed by atoms with E-state index in [0.717, 1.165) is 30.0 Å². The maximum atomic E-state index is 11.7. The number of amides is 1. The molecule has 0 bridgehead atoms. The zero-order chi connectivity index (χ0) is 17.1. The minimum absolute atomic E-state index is 0.0540. The van der Waals surface area contributed by atoms with E-state index in [1.807, 2.05) is 38.1 Å². The van der Waals surface area contributed by atoms with Crippen LogP contribution in [-0.4, -0.2) is 38.0 Å². The third kappa shape index (κ3) is 7.88. The summed E-state index contributed by atoms with van der Waals surface area (Å²) in [5, 5.41) is 10.1. The number of aliphatic imine (C=N–C) groups is 1. The van der Waals surface area contributed by atoms with E-state index in [0.29, 0.717) is 18.9 Å². The summed E-state index contributed by atoms with van der Waals surface area (Å²) in [7, 11) is 1.71. The van der Waals surface area contributed by atoms with Gasteiger partial charge in [-0.15, -0.1) is 0 Å². The number of halogens is 1. The van der Waals surface area contributed by atoms with Crippen LogP contribution in [0.3, 0.4) is 0 Å². The van der Waals surface area contributed by atoms with E-state index in [9.17, 15) is 4.79 Å². The Morgan fingerprint density at radius 3 is 2.61 bits per heavy atom. The van der Waals surface area contributed by atoms with Gasteiger partial charge in [0.2, 0.25) is 5.91 Å². The van der Waals surface area contributed by atoms with Crippen LogP contribution < -0.4 is 16.0 Å². The molecule has 1 unspecified atom stereocenters. The van der Waals surface area contributed by atoms with Crippen LogP contribution in [0.5, 0.6) is 0 Å². The fourth-order valence-corrected chi connectivity index (χ4v) is 2.21. The second-order valence-electron chi connectivity index (χ2n) is 5.39. The lowest BCUT2D eigenvalue weighted by Gasteiger charge is -2.14. The Labute approximate surface area is 143 Å². The topological polar surface area (TPSA) is 65.5 Å². The number of nitrogens with one attached hydrogen (secondary N) is 3. The molecule has 0 aliphatic carbocycles. The Balaban J connectivity index is 2.25. The molecule has 128 valence electrons. The number of nitrogens with zero attached hydrogens (tertiary/aromatic N) is 1. The summed E-state index contributed by atoms with van der Waals surface area (Å²) in [6, 6.07) is 8.02. The van der Waals surface area contributed by atoms with Crippen molar-refractivity contribution >= 4 is 23.5 Å². The Hall–Kier alpha value is -1.75. The van der Waals surface area contributed by atoms with E-state index in [-0.39, 0.29) is 11.9 Å². The van der Waals surface area contributed by atoms with E-state index < -0.39 is 0 Å². The molecular weight excluding hydrogens is 312 g/mol. The maximum absolute atomic E-state index is 11.7. The predicted octanol–water partition coefficient (Wildman–Crippen LogP) is 2.35. The molecule has 0 aliphatic rings. The normalized spacial score (nSPS) is 12.6. The number of hydrogen-bond acceptors (Lipinski definition) is 2. The lowest BCUT2D eigenvalue weighted by atomic mass is 10.1. The molecule has 6 heteroatoms. The van der Waals surface area contributed by atoms with Gasteiger partial charge in [0.15, 0.2) is 5.96 Å². The van der Waals surface area contributed by atoms with Gasteiger partial charge >= 0.3 is 0 Å². The Morgan fingerprint density at radius 1 is 1.26 bits per heavy atom. The molecule has 0 spiro atoms. The first kappa shape index (κ1) is 19.3. The molecule has 0 radical (unpaired) electrons. The molecule has 0 saturated carbocycles. The van der Waals surface area contributed by atoms with Crippen molar-refractivity contribution in [1.29, 1.82) is 0 Å². The number of guanidine groups is 1. The largest absolute Gasteiger partial charge is 0.356 e. The van der Waals surface area contributed by atoms with Gasteiger partial charge in [-0.25, -0.2) is 0 Å². The van der Waals surface area contributed by atoms with Gasteiger partial charge in [-0.1, -0.05) is 36.7 Å². The summed E-state index contributed by atoms with van der Waals surface area (Å²) >= 11 is 6.13. The molecular formula is C17H27ClN4O. The highest BCUT2D eigenvalue weighted by atomic mass is 35.5. The van der Waals surface area contributed by atoms with E-state index in [1.165, 1.54) is 0 Å². The first-order valence-corrected chi connectivity index (χ1v) is 8.41. The van der Waals surface area contributed by atoms with Crippen molar-refractivity contribution in [3.63, 3.8) is 0 Å².